The van der Waals surface area contributed by atoms with Gasteiger partial charge in [0.2, 0.25) is 0 Å². The standard InChI is InChI=1S/C10H17BrN4/c1-4-5-7-9(11)10(12)14-8(13-7)6-15(2)3/h4-6H2,1-3H3,(H2,12,13,14). The van der Waals surface area contributed by atoms with Gasteiger partial charge >= 0.3 is 0 Å². The maximum absolute atomic E-state index is 5.81. The van der Waals surface area contributed by atoms with Crippen LogP contribution in [0.2, 0.25) is 0 Å². The molecule has 1 aromatic rings. The van der Waals surface area contributed by atoms with Crippen molar-refractivity contribution in [1.29, 1.82) is 0 Å². The predicted octanol–water partition coefficient (Wildman–Crippen LogP) is 1.84. The van der Waals surface area contributed by atoms with E-state index in [4.69, 9.17) is 5.73 Å². The Morgan fingerprint density at radius 2 is 2.00 bits per heavy atom. The molecule has 5 heteroatoms. The molecule has 0 bridgehead atoms. The van der Waals surface area contributed by atoms with Gasteiger partial charge in [-0.05, 0) is 36.4 Å². The van der Waals surface area contributed by atoms with E-state index in [2.05, 4.69) is 32.8 Å². The fraction of sp³-hybridized carbons (Fsp3) is 0.600. The molecule has 1 heterocycles. The summed E-state index contributed by atoms with van der Waals surface area (Å²) in [6.45, 7) is 2.84. The Labute approximate surface area is 99.0 Å². The van der Waals surface area contributed by atoms with Crippen molar-refractivity contribution in [3.8, 4) is 0 Å². The monoisotopic (exact) mass is 272 g/mol. The molecule has 0 radical (unpaired) electrons. The van der Waals surface area contributed by atoms with Gasteiger partial charge < -0.3 is 10.6 Å². The molecule has 4 nitrogen and oxygen atoms in total. The van der Waals surface area contributed by atoms with E-state index in [1.165, 1.54) is 0 Å². The number of aryl methyl sites for hydroxylation is 1. The second kappa shape index (κ2) is 5.42. The highest BCUT2D eigenvalue weighted by Gasteiger charge is 2.09. The third kappa shape index (κ3) is 3.43. The van der Waals surface area contributed by atoms with Gasteiger partial charge in [0.05, 0.1) is 16.7 Å². The minimum absolute atomic E-state index is 0.533. The van der Waals surface area contributed by atoms with Crippen molar-refractivity contribution in [3.63, 3.8) is 0 Å². The van der Waals surface area contributed by atoms with Crippen molar-refractivity contribution in [2.45, 2.75) is 26.3 Å². The van der Waals surface area contributed by atoms with Crippen LogP contribution >= 0.6 is 15.9 Å². The summed E-state index contributed by atoms with van der Waals surface area (Å²) >= 11 is 3.42. The highest BCUT2D eigenvalue weighted by atomic mass is 79.9. The molecule has 0 aliphatic rings. The van der Waals surface area contributed by atoms with Crippen LogP contribution in [0, 0.1) is 0 Å². The lowest BCUT2D eigenvalue weighted by atomic mass is 10.2. The zero-order valence-electron chi connectivity index (χ0n) is 9.42. The molecule has 0 aromatic carbocycles. The number of nitrogen functional groups attached to an aromatic ring is 1. The molecule has 1 rings (SSSR count). The molecule has 84 valence electrons. The Balaban J connectivity index is 3.00. The molecule has 0 aliphatic heterocycles. The van der Waals surface area contributed by atoms with Gasteiger partial charge in [-0.15, -0.1) is 0 Å². The van der Waals surface area contributed by atoms with Crippen LogP contribution in [0.4, 0.5) is 5.82 Å². The molecule has 0 amide bonds. The number of nitrogens with two attached hydrogens (primary N) is 1. The molecule has 2 N–H and O–H groups in total. The SMILES string of the molecule is CCCc1nc(CN(C)C)nc(N)c1Br. The van der Waals surface area contributed by atoms with Crippen LogP contribution in [0.1, 0.15) is 24.9 Å². The lowest BCUT2D eigenvalue weighted by Gasteiger charge is -2.11. The number of nitrogens with zero attached hydrogens (tertiary/aromatic N) is 3. The number of hydrogen-bond acceptors (Lipinski definition) is 4. The molecular formula is C10H17BrN4. The van der Waals surface area contributed by atoms with E-state index in [0.29, 0.717) is 12.4 Å². The number of hydrogen-bond donors (Lipinski definition) is 1. The summed E-state index contributed by atoms with van der Waals surface area (Å²) in [6.07, 6.45) is 1.98. The summed E-state index contributed by atoms with van der Waals surface area (Å²) < 4.78 is 0.840. The summed E-state index contributed by atoms with van der Waals surface area (Å²) in [6, 6.07) is 0. The fourth-order valence-corrected chi connectivity index (χ4v) is 1.70. The van der Waals surface area contributed by atoms with Crippen molar-refractivity contribution < 1.29 is 0 Å². The van der Waals surface area contributed by atoms with Crippen molar-refractivity contribution in [1.82, 2.24) is 14.9 Å². The topological polar surface area (TPSA) is 55.0 Å². The van der Waals surface area contributed by atoms with Crippen molar-refractivity contribution in [2.75, 3.05) is 19.8 Å². The Morgan fingerprint density at radius 1 is 1.33 bits per heavy atom. The van der Waals surface area contributed by atoms with Crippen molar-refractivity contribution in [3.05, 3.63) is 16.0 Å². The Kier molecular flexibility index (Phi) is 4.47. The van der Waals surface area contributed by atoms with Gasteiger partial charge in [-0.25, -0.2) is 9.97 Å². The van der Waals surface area contributed by atoms with Crippen LogP contribution in [0.25, 0.3) is 0 Å². The molecule has 15 heavy (non-hydrogen) atoms. The minimum atomic E-state index is 0.533. The quantitative estimate of drug-likeness (QED) is 0.909. The first-order valence-corrected chi connectivity index (χ1v) is 5.79. The number of anilines is 1. The summed E-state index contributed by atoms with van der Waals surface area (Å²) in [5, 5.41) is 0. The van der Waals surface area contributed by atoms with Crippen LogP contribution in [0.5, 0.6) is 0 Å². The van der Waals surface area contributed by atoms with E-state index in [-0.39, 0.29) is 0 Å². The van der Waals surface area contributed by atoms with Crippen molar-refractivity contribution in [2.24, 2.45) is 0 Å². The second-order valence-corrected chi connectivity index (χ2v) is 4.57. The first-order valence-electron chi connectivity index (χ1n) is 5.00. The van der Waals surface area contributed by atoms with E-state index >= 15 is 0 Å². The van der Waals surface area contributed by atoms with E-state index in [1.54, 1.807) is 0 Å². The lowest BCUT2D eigenvalue weighted by Crippen LogP contribution is -2.15. The molecule has 0 atom stereocenters. The molecule has 0 saturated heterocycles. The van der Waals surface area contributed by atoms with E-state index in [1.807, 2.05) is 19.0 Å². The van der Waals surface area contributed by atoms with Crippen molar-refractivity contribution >= 4 is 21.7 Å². The van der Waals surface area contributed by atoms with Gasteiger partial charge in [0, 0.05) is 0 Å². The van der Waals surface area contributed by atoms with Crippen LogP contribution in [0.15, 0.2) is 4.47 Å². The fourth-order valence-electron chi connectivity index (χ4n) is 1.32. The molecule has 0 unspecified atom stereocenters. The Bertz CT molecular complexity index is 338. The van der Waals surface area contributed by atoms with E-state index < -0.39 is 0 Å². The molecule has 0 spiro atoms. The predicted molar refractivity (Wildman–Crippen MR) is 65.5 cm³/mol. The highest BCUT2D eigenvalue weighted by Crippen LogP contribution is 2.22. The first-order chi connectivity index (χ1) is 7.04. The highest BCUT2D eigenvalue weighted by molar-refractivity contribution is 9.10. The first kappa shape index (κ1) is 12.4. The summed E-state index contributed by atoms with van der Waals surface area (Å²) in [7, 11) is 3.97. The lowest BCUT2D eigenvalue weighted by molar-refractivity contribution is 0.390. The smallest absolute Gasteiger partial charge is 0.145 e. The zero-order chi connectivity index (χ0) is 11.4. The summed E-state index contributed by atoms with van der Waals surface area (Å²) in [4.78, 5) is 10.7. The zero-order valence-corrected chi connectivity index (χ0v) is 11.0. The van der Waals surface area contributed by atoms with Gasteiger partial charge in [-0.3, -0.25) is 0 Å². The van der Waals surface area contributed by atoms with Gasteiger partial charge in [0.25, 0.3) is 0 Å². The molecular weight excluding hydrogens is 256 g/mol. The van der Waals surface area contributed by atoms with Gasteiger partial charge in [0.15, 0.2) is 0 Å². The Hall–Kier alpha value is -0.680. The molecule has 1 aromatic heterocycles. The maximum Gasteiger partial charge on any atom is 0.145 e. The van der Waals surface area contributed by atoms with Gasteiger partial charge in [0.1, 0.15) is 11.6 Å². The number of halogens is 1. The third-order valence-electron chi connectivity index (χ3n) is 1.94. The second-order valence-electron chi connectivity index (χ2n) is 3.77. The number of rotatable bonds is 4. The summed E-state index contributed by atoms with van der Waals surface area (Å²) in [5.74, 6) is 1.31. The average molecular weight is 273 g/mol. The average Bonchev–Trinajstić information content (AvgIpc) is 2.12. The van der Waals surface area contributed by atoms with Crippen LogP contribution in [-0.2, 0) is 13.0 Å². The minimum Gasteiger partial charge on any atom is -0.383 e. The summed E-state index contributed by atoms with van der Waals surface area (Å²) in [5.41, 5.74) is 6.81. The normalized spacial score (nSPS) is 11.0. The Morgan fingerprint density at radius 3 is 2.53 bits per heavy atom. The van der Waals surface area contributed by atoms with Gasteiger partial charge in [-0.1, -0.05) is 13.3 Å². The van der Waals surface area contributed by atoms with Crippen LogP contribution < -0.4 is 5.73 Å². The number of aromatic nitrogens is 2. The van der Waals surface area contributed by atoms with Crippen LogP contribution in [-0.4, -0.2) is 29.0 Å². The molecule has 0 fully saturated rings. The van der Waals surface area contributed by atoms with Gasteiger partial charge in [-0.2, -0.15) is 0 Å². The van der Waals surface area contributed by atoms with E-state index in [0.717, 1.165) is 28.8 Å². The molecule has 0 saturated carbocycles. The third-order valence-corrected chi connectivity index (χ3v) is 2.80. The van der Waals surface area contributed by atoms with E-state index in [9.17, 15) is 0 Å². The van der Waals surface area contributed by atoms with Crippen LogP contribution in [0.3, 0.4) is 0 Å². The largest absolute Gasteiger partial charge is 0.383 e. The molecule has 0 aliphatic carbocycles. The maximum atomic E-state index is 5.81.